The lowest BCUT2D eigenvalue weighted by atomic mass is 10.1. The molecular formula is C16H20N4O2. The first-order valence-electron chi connectivity index (χ1n) is 7.16. The van der Waals surface area contributed by atoms with Gasteiger partial charge in [0.2, 0.25) is 0 Å². The van der Waals surface area contributed by atoms with Gasteiger partial charge >= 0.3 is 0 Å². The predicted octanol–water partition coefficient (Wildman–Crippen LogP) is 1.51. The molecule has 0 aliphatic carbocycles. The van der Waals surface area contributed by atoms with Gasteiger partial charge in [-0.3, -0.25) is 4.79 Å². The molecule has 0 saturated carbocycles. The largest absolute Gasteiger partial charge is 0.383 e. The zero-order valence-corrected chi connectivity index (χ0v) is 12.6. The molecule has 6 nitrogen and oxygen atoms in total. The molecule has 1 aromatic heterocycles. The van der Waals surface area contributed by atoms with E-state index in [4.69, 9.17) is 4.74 Å². The number of amides is 1. The van der Waals surface area contributed by atoms with Crippen LogP contribution in [-0.4, -0.2) is 42.7 Å². The summed E-state index contributed by atoms with van der Waals surface area (Å²) in [4.78, 5) is 20.0. The molecule has 0 fully saturated rings. The van der Waals surface area contributed by atoms with Gasteiger partial charge in [-0.05, 0) is 12.0 Å². The van der Waals surface area contributed by atoms with E-state index in [1.807, 2.05) is 18.2 Å². The minimum absolute atomic E-state index is 0.231. The number of benzene rings is 1. The molecule has 6 heteroatoms. The number of hydrogen-bond acceptors (Lipinski definition) is 5. The van der Waals surface area contributed by atoms with Gasteiger partial charge in [-0.15, -0.1) is 0 Å². The topological polar surface area (TPSA) is 76.1 Å². The number of anilines is 1. The molecule has 0 unspecified atom stereocenters. The quantitative estimate of drug-likeness (QED) is 0.723. The maximum Gasteiger partial charge on any atom is 0.270 e. The lowest BCUT2D eigenvalue weighted by Crippen LogP contribution is -2.27. The summed E-state index contributed by atoms with van der Waals surface area (Å²) in [7, 11) is 1.59. The Hall–Kier alpha value is -2.47. The highest BCUT2D eigenvalue weighted by Gasteiger charge is 2.07. The van der Waals surface area contributed by atoms with E-state index in [9.17, 15) is 4.79 Å². The Labute approximate surface area is 129 Å². The smallest absolute Gasteiger partial charge is 0.270 e. The number of rotatable bonds is 8. The van der Waals surface area contributed by atoms with Crippen molar-refractivity contribution in [1.82, 2.24) is 15.3 Å². The number of hydrogen-bond donors (Lipinski definition) is 2. The fourth-order valence-electron chi connectivity index (χ4n) is 1.91. The molecule has 0 saturated heterocycles. The number of nitrogens with one attached hydrogen (secondary N) is 2. The second-order valence-electron chi connectivity index (χ2n) is 4.70. The molecule has 1 aromatic carbocycles. The van der Waals surface area contributed by atoms with Crippen LogP contribution in [0.1, 0.15) is 16.1 Å². The molecular weight excluding hydrogens is 280 g/mol. The second-order valence-corrected chi connectivity index (χ2v) is 4.70. The van der Waals surface area contributed by atoms with Crippen LogP contribution in [0.3, 0.4) is 0 Å². The zero-order chi connectivity index (χ0) is 15.6. The highest BCUT2D eigenvalue weighted by molar-refractivity contribution is 5.92. The highest BCUT2D eigenvalue weighted by Crippen LogP contribution is 2.05. The Morgan fingerprint density at radius 2 is 2.00 bits per heavy atom. The first-order chi connectivity index (χ1) is 10.8. The van der Waals surface area contributed by atoms with Crippen molar-refractivity contribution in [1.29, 1.82) is 0 Å². The molecule has 1 heterocycles. The predicted molar refractivity (Wildman–Crippen MR) is 84.9 cm³/mol. The van der Waals surface area contributed by atoms with E-state index in [-0.39, 0.29) is 5.91 Å². The van der Waals surface area contributed by atoms with Crippen LogP contribution in [0.15, 0.2) is 42.7 Å². The van der Waals surface area contributed by atoms with Gasteiger partial charge in [-0.25, -0.2) is 9.97 Å². The van der Waals surface area contributed by atoms with E-state index < -0.39 is 0 Å². The van der Waals surface area contributed by atoms with Crippen molar-refractivity contribution in [2.24, 2.45) is 0 Å². The Bertz CT molecular complexity index is 590. The maximum absolute atomic E-state index is 11.9. The van der Waals surface area contributed by atoms with Crippen LogP contribution >= 0.6 is 0 Å². The SMILES string of the molecule is COCCNC(=O)c1cc(NCCc2ccccc2)ncn1. The molecule has 1 amide bonds. The molecule has 0 aliphatic rings. The number of methoxy groups -OCH3 is 1. The van der Waals surface area contributed by atoms with Crippen molar-refractivity contribution in [2.45, 2.75) is 6.42 Å². The molecule has 0 atom stereocenters. The van der Waals surface area contributed by atoms with Crippen molar-refractivity contribution in [2.75, 3.05) is 32.1 Å². The number of ether oxygens (including phenoxy) is 1. The van der Waals surface area contributed by atoms with Crippen molar-refractivity contribution in [3.8, 4) is 0 Å². The summed E-state index contributed by atoms with van der Waals surface area (Å²) in [5.74, 6) is 0.411. The van der Waals surface area contributed by atoms with Gasteiger partial charge in [-0.2, -0.15) is 0 Å². The van der Waals surface area contributed by atoms with Crippen LogP contribution in [0.2, 0.25) is 0 Å². The Morgan fingerprint density at radius 3 is 2.77 bits per heavy atom. The molecule has 22 heavy (non-hydrogen) atoms. The average Bonchev–Trinajstić information content (AvgIpc) is 2.56. The Morgan fingerprint density at radius 1 is 1.18 bits per heavy atom. The van der Waals surface area contributed by atoms with Crippen LogP contribution in [0.25, 0.3) is 0 Å². The zero-order valence-electron chi connectivity index (χ0n) is 12.6. The molecule has 0 radical (unpaired) electrons. The normalized spacial score (nSPS) is 10.2. The van der Waals surface area contributed by atoms with Crippen LogP contribution in [0.4, 0.5) is 5.82 Å². The summed E-state index contributed by atoms with van der Waals surface area (Å²) in [5.41, 5.74) is 1.59. The van der Waals surface area contributed by atoms with Crippen LogP contribution < -0.4 is 10.6 Å². The van der Waals surface area contributed by atoms with E-state index in [1.54, 1.807) is 13.2 Å². The number of aromatic nitrogens is 2. The van der Waals surface area contributed by atoms with Crippen LogP contribution in [0.5, 0.6) is 0 Å². The summed E-state index contributed by atoms with van der Waals surface area (Å²) in [5, 5.41) is 5.93. The Balaban J connectivity index is 1.84. The van der Waals surface area contributed by atoms with E-state index in [0.29, 0.717) is 24.7 Å². The maximum atomic E-state index is 11.9. The minimum atomic E-state index is -0.231. The van der Waals surface area contributed by atoms with Crippen molar-refractivity contribution in [3.05, 3.63) is 54.0 Å². The van der Waals surface area contributed by atoms with Gasteiger partial charge in [0.15, 0.2) is 0 Å². The van der Waals surface area contributed by atoms with Crippen molar-refractivity contribution >= 4 is 11.7 Å². The van der Waals surface area contributed by atoms with Gasteiger partial charge < -0.3 is 15.4 Å². The molecule has 0 aliphatic heterocycles. The first kappa shape index (κ1) is 15.9. The van der Waals surface area contributed by atoms with Gasteiger partial charge in [-0.1, -0.05) is 30.3 Å². The summed E-state index contributed by atoms with van der Waals surface area (Å²) < 4.78 is 4.89. The van der Waals surface area contributed by atoms with E-state index in [1.165, 1.54) is 11.9 Å². The van der Waals surface area contributed by atoms with Crippen LogP contribution in [0, 0.1) is 0 Å². The van der Waals surface area contributed by atoms with Gasteiger partial charge in [0.05, 0.1) is 6.61 Å². The van der Waals surface area contributed by atoms with Gasteiger partial charge in [0, 0.05) is 26.3 Å². The number of carbonyl (C=O) groups is 1. The van der Waals surface area contributed by atoms with Crippen molar-refractivity contribution < 1.29 is 9.53 Å². The summed E-state index contributed by atoms with van der Waals surface area (Å²) in [6.45, 7) is 1.67. The first-order valence-corrected chi connectivity index (χ1v) is 7.16. The van der Waals surface area contributed by atoms with E-state index in [0.717, 1.165) is 13.0 Å². The van der Waals surface area contributed by atoms with E-state index in [2.05, 4.69) is 32.7 Å². The van der Waals surface area contributed by atoms with Crippen LogP contribution in [-0.2, 0) is 11.2 Å². The monoisotopic (exact) mass is 300 g/mol. The molecule has 2 rings (SSSR count). The second kappa shape index (κ2) is 8.74. The third-order valence-electron chi connectivity index (χ3n) is 3.05. The fourth-order valence-corrected chi connectivity index (χ4v) is 1.91. The van der Waals surface area contributed by atoms with E-state index >= 15 is 0 Å². The molecule has 0 spiro atoms. The Kier molecular flexibility index (Phi) is 6.32. The lowest BCUT2D eigenvalue weighted by Gasteiger charge is -2.07. The summed E-state index contributed by atoms with van der Waals surface area (Å²) in [6.07, 6.45) is 2.27. The van der Waals surface area contributed by atoms with Crippen molar-refractivity contribution in [3.63, 3.8) is 0 Å². The summed E-state index contributed by atoms with van der Waals surface area (Å²) in [6, 6.07) is 11.8. The lowest BCUT2D eigenvalue weighted by molar-refractivity contribution is 0.0932. The average molecular weight is 300 g/mol. The van der Waals surface area contributed by atoms with Gasteiger partial charge in [0.1, 0.15) is 17.8 Å². The van der Waals surface area contributed by atoms with Gasteiger partial charge in [0.25, 0.3) is 5.91 Å². The third kappa shape index (κ3) is 5.14. The highest BCUT2D eigenvalue weighted by atomic mass is 16.5. The number of nitrogens with zero attached hydrogens (tertiary/aromatic N) is 2. The molecule has 2 N–H and O–H groups in total. The minimum Gasteiger partial charge on any atom is -0.383 e. The number of carbonyl (C=O) groups excluding carboxylic acids is 1. The summed E-state index contributed by atoms with van der Waals surface area (Å²) >= 11 is 0. The fraction of sp³-hybridized carbons (Fsp3) is 0.312. The molecule has 2 aromatic rings. The standard InChI is InChI=1S/C16H20N4O2/c1-22-10-9-18-16(21)14-11-15(20-12-19-14)17-8-7-13-5-3-2-4-6-13/h2-6,11-12H,7-10H2,1H3,(H,18,21)(H,17,19,20). The molecule has 0 bridgehead atoms. The third-order valence-corrected chi connectivity index (χ3v) is 3.05. The molecule has 116 valence electrons.